The van der Waals surface area contributed by atoms with E-state index >= 15 is 0 Å². The summed E-state index contributed by atoms with van der Waals surface area (Å²) in [6, 6.07) is 4.15. The first-order chi connectivity index (χ1) is 6.16. The second-order valence-electron chi connectivity index (χ2n) is 2.41. The lowest BCUT2D eigenvalue weighted by Crippen LogP contribution is -1.98. The maximum Gasteiger partial charge on any atom is 0.339 e. The Kier molecular flexibility index (Phi) is 2.59. The minimum absolute atomic E-state index is 0.218. The number of hydrogen-bond acceptors (Lipinski definition) is 4. The van der Waals surface area contributed by atoms with Crippen molar-refractivity contribution in [1.29, 1.82) is 0 Å². The van der Waals surface area contributed by atoms with Crippen LogP contribution in [0.25, 0.3) is 0 Å². The van der Waals surface area contributed by atoms with Crippen LogP contribution >= 0.6 is 0 Å². The van der Waals surface area contributed by atoms with Gasteiger partial charge >= 0.3 is 5.97 Å². The second-order valence-corrected chi connectivity index (χ2v) is 2.41. The molecule has 1 aromatic rings. The Morgan fingerprint density at radius 1 is 1.46 bits per heavy atom. The third kappa shape index (κ3) is 1.81. The fourth-order valence-electron chi connectivity index (χ4n) is 0.961. The summed E-state index contributed by atoms with van der Waals surface area (Å²) >= 11 is 0. The van der Waals surface area contributed by atoms with Crippen LogP contribution in [0.15, 0.2) is 23.4 Å². The van der Waals surface area contributed by atoms with Gasteiger partial charge in [0.2, 0.25) is 0 Å². The highest BCUT2D eigenvalue weighted by Gasteiger charge is 2.12. The van der Waals surface area contributed by atoms with Gasteiger partial charge in [0, 0.05) is 5.56 Å². The first-order valence-corrected chi connectivity index (χ1v) is 3.50. The molecule has 0 fully saturated rings. The number of carboxylic acid groups (broad SMARTS) is 1. The van der Waals surface area contributed by atoms with Gasteiger partial charge in [-0.3, -0.25) is 0 Å². The van der Waals surface area contributed by atoms with Crippen LogP contribution in [-0.2, 0) is 6.54 Å². The van der Waals surface area contributed by atoms with E-state index in [-0.39, 0.29) is 17.7 Å². The van der Waals surface area contributed by atoms with Gasteiger partial charge in [0.15, 0.2) is 0 Å². The topological polar surface area (TPSA) is 87.0 Å². The second kappa shape index (κ2) is 3.66. The van der Waals surface area contributed by atoms with Crippen LogP contribution in [0.4, 0.5) is 0 Å². The standard InChI is InChI=1S/C8H7NO4/c10-7-5(4-9-13)2-1-3-6(7)8(11)12/h1-3,10H,4H2,(H,11,12). The van der Waals surface area contributed by atoms with E-state index in [1.807, 2.05) is 0 Å². The number of carbonyl (C=O) groups is 1. The average molecular weight is 181 g/mol. The van der Waals surface area contributed by atoms with Crippen molar-refractivity contribution < 1.29 is 15.0 Å². The fourth-order valence-corrected chi connectivity index (χ4v) is 0.961. The molecule has 0 unspecified atom stereocenters. The summed E-state index contributed by atoms with van der Waals surface area (Å²) in [5.41, 5.74) is -0.00366. The molecule has 0 aromatic heterocycles. The summed E-state index contributed by atoms with van der Waals surface area (Å²) in [5, 5.41) is 20.5. The third-order valence-electron chi connectivity index (χ3n) is 1.58. The van der Waals surface area contributed by atoms with Gasteiger partial charge < -0.3 is 10.2 Å². The molecule has 5 nitrogen and oxygen atoms in total. The van der Waals surface area contributed by atoms with E-state index in [0.29, 0.717) is 0 Å². The molecule has 0 saturated heterocycles. The van der Waals surface area contributed by atoms with E-state index in [9.17, 15) is 14.8 Å². The summed E-state index contributed by atoms with van der Waals surface area (Å²) in [6.07, 6.45) is 0. The van der Waals surface area contributed by atoms with Gasteiger partial charge in [-0.15, -0.1) is 0 Å². The average Bonchev–Trinajstić information content (AvgIpc) is 2.08. The SMILES string of the molecule is O=NCc1cccc(C(=O)O)c1O. The molecule has 0 aliphatic rings. The molecule has 1 aromatic carbocycles. The molecule has 0 heterocycles. The van der Waals surface area contributed by atoms with Crippen LogP contribution in [0.5, 0.6) is 5.75 Å². The molecule has 13 heavy (non-hydrogen) atoms. The van der Waals surface area contributed by atoms with Crippen molar-refractivity contribution >= 4 is 5.97 Å². The van der Waals surface area contributed by atoms with Gasteiger partial charge in [0.25, 0.3) is 0 Å². The molecular formula is C8H7NO4. The zero-order valence-corrected chi connectivity index (χ0v) is 6.60. The van der Waals surface area contributed by atoms with Gasteiger partial charge in [-0.1, -0.05) is 17.3 Å². The van der Waals surface area contributed by atoms with E-state index in [1.54, 1.807) is 0 Å². The largest absolute Gasteiger partial charge is 0.507 e. The van der Waals surface area contributed by atoms with Gasteiger partial charge in [-0.05, 0) is 6.07 Å². The molecule has 0 atom stereocenters. The number of aromatic carboxylic acids is 1. The number of nitroso groups, excluding NO2 is 1. The normalized spacial score (nSPS) is 9.54. The monoisotopic (exact) mass is 181 g/mol. The Hall–Kier alpha value is -1.91. The van der Waals surface area contributed by atoms with Gasteiger partial charge in [-0.25, -0.2) is 4.79 Å². The Morgan fingerprint density at radius 3 is 2.69 bits per heavy atom. The summed E-state index contributed by atoms with van der Waals surface area (Å²) in [5.74, 6) is -1.63. The zero-order chi connectivity index (χ0) is 9.84. The summed E-state index contributed by atoms with van der Waals surface area (Å²) < 4.78 is 0. The molecule has 1 rings (SSSR count). The van der Waals surface area contributed by atoms with E-state index in [4.69, 9.17) is 5.11 Å². The lowest BCUT2D eigenvalue weighted by atomic mass is 10.1. The number of rotatable bonds is 3. The number of para-hydroxylation sites is 1. The number of phenols is 1. The maximum atomic E-state index is 10.5. The molecule has 2 N–H and O–H groups in total. The first kappa shape index (κ1) is 9.18. The molecule has 0 aliphatic carbocycles. The Morgan fingerprint density at radius 2 is 2.15 bits per heavy atom. The van der Waals surface area contributed by atoms with Crippen LogP contribution in [0.2, 0.25) is 0 Å². The number of aromatic hydroxyl groups is 1. The predicted molar refractivity (Wildman–Crippen MR) is 44.6 cm³/mol. The maximum absolute atomic E-state index is 10.5. The third-order valence-corrected chi connectivity index (χ3v) is 1.58. The van der Waals surface area contributed by atoms with E-state index in [0.717, 1.165) is 0 Å². The molecule has 0 spiro atoms. The van der Waals surface area contributed by atoms with Crippen molar-refractivity contribution in [2.75, 3.05) is 0 Å². The highest BCUT2D eigenvalue weighted by molar-refractivity contribution is 5.91. The zero-order valence-electron chi connectivity index (χ0n) is 6.60. The van der Waals surface area contributed by atoms with Crippen molar-refractivity contribution in [1.82, 2.24) is 0 Å². The van der Waals surface area contributed by atoms with Crippen LogP contribution in [0.1, 0.15) is 15.9 Å². The quantitative estimate of drug-likeness (QED) is 0.689. The smallest absolute Gasteiger partial charge is 0.339 e. The van der Waals surface area contributed by atoms with Crippen molar-refractivity contribution in [3.63, 3.8) is 0 Å². The number of nitrogens with zero attached hydrogens (tertiary/aromatic N) is 1. The highest BCUT2D eigenvalue weighted by Crippen LogP contribution is 2.22. The first-order valence-electron chi connectivity index (χ1n) is 3.50. The van der Waals surface area contributed by atoms with Crippen LogP contribution in [0, 0.1) is 4.91 Å². The Balaban J connectivity index is 3.17. The minimum atomic E-state index is -1.23. The molecule has 0 radical (unpaired) electrons. The summed E-state index contributed by atoms with van der Waals surface area (Å²) in [6.45, 7) is -0.229. The molecule has 0 aliphatic heterocycles. The molecule has 68 valence electrons. The molecule has 0 saturated carbocycles. The number of carboxylic acids is 1. The van der Waals surface area contributed by atoms with E-state index in [2.05, 4.69) is 5.18 Å². The lowest BCUT2D eigenvalue weighted by molar-refractivity contribution is 0.0693. The Bertz CT molecular complexity index is 348. The minimum Gasteiger partial charge on any atom is -0.507 e. The van der Waals surface area contributed by atoms with Crippen molar-refractivity contribution in [3.05, 3.63) is 34.2 Å². The van der Waals surface area contributed by atoms with Crippen molar-refractivity contribution in [3.8, 4) is 5.75 Å². The van der Waals surface area contributed by atoms with Crippen LogP contribution < -0.4 is 0 Å². The highest BCUT2D eigenvalue weighted by atomic mass is 16.4. The van der Waals surface area contributed by atoms with E-state index in [1.165, 1.54) is 18.2 Å². The number of benzene rings is 1. The molecule has 0 amide bonds. The fraction of sp³-hybridized carbons (Fsp3) is 0.125. The number of hydrogen-bond donors (Lipinski definition) is 2. The van der Waals surface area contributed by atoms with Gasteiger partial charge in [0.05, 0.1) is 0 Å². The van der Waals surface area contributed by atoms with Gasteiger partial charge in [0.1, 0.15) is 17.9 Å². The summed E-state index contributed by atoms with van der Waals surface area (Å²) in [7, 11) is 0. The molecule has 5 heteroatoms. The van der Waals surface area contributed by atoms with Gasteiger partial charge in [-0.2, -0.15) is 4.91 Å². The van der Waals surface area contributed by atoms with Crippen molar-refractivity contribution in [2.45, 2.75) is 6.54 Å². The predicted octanol–water partition coefficient (Wildman–Crippen LogP) is 1.36. The lowest BCUT2D eigenvalue weighted by Gasteiger charge is -2.02. The van der Waals surface area contributed by atoms with Crippen LogP contribution in [0.3, 0.4) is 0 Å². The Labute approximate surface area is 73.6 Å². The molecule has 0 bridgehead atoms. The van der Waals surface area contributed by atoms with Crippen molar-refractivity contribution in [2.24, 2.45) is 5.18 Å². The molecular weight excluding hydrogens is 174 g/mol. The summed E-state index contributed by atoms with van der Waals surface area (Å²) in [4.78, 5) is 20.4. The van der Waals surface area contributed by atoms with Crippen LogP contribution in [-0.4, -0.2) is 16.2 Å². The van der Waals surface area contributed by atoms with E-state index < -0.39 is 11.7 Å².